The fourth-order valence-electron chi connectivity index (χ4n) is 2.61. The highest BCUT2D eigenvalue weighted by Crippen LogP contribution is 2.26. The van der Waals surface area contributed by atoms with Crippen LogP contribution >= 0.6 is 0 Å². The van der Waals surface area contributed by atoms with E-state index in [-0.39, 0.29) is 0 Å². The first-order valence-corrected chi connectivity index (χ1v) is 8.25. The lowest BCUT2D eigenvalue weighted by molar-refractivity contribution is 0.214. The smallest absolute Gasteiger partial charge is 0.126 e. The molecule has 4 heteroatoms. The summed E-state index contributed by atoms with van der Waals surface area (Å²) in [5.41, 5.74) is 10.4. The van der Waals surface area contributed by atoms with Crippen LogP contribution in [0.5, 0.6) is 17.2 Å². The van der Waals surface area contributed by atoms with Gasteiger partial charge in [0.2, 0.25) is 0 Å². The Labute approximate surface area is 144 Å². The molecule has 0 aliphatic rings. The van der Waals surface area contributed by atoms with E-state index in [0.29, 0.717) is 19.8 Å². The molecule has 0 unspecified atom stereocenters. The van der Waals surface area contributed by atoms with Crippen LogP contribution in [0.2, 0.25) is 0 Å². The van der Waals surface area contributed by atoms with E-state index in [0.717, 1.165) is 29.2 Å². The van der Waals surface area contributed by atoms with Gasteiger partial charge in [-0.1, -0.05) is 12.1 Å². The van der Waals surface area contributed by atoms with Crippen molar-refractivity contribution in [3.63, 3.8) is 0 Å². The van der Waals surface area contributed by atoms with Gasteiger partial charge in [-0.3, -0.25) is 0 Å². The number of rotatable bonds is 8. The fourth-order valence-corrected chi connectivity index (χ4v) is 2.61. The molecular formula is C20H27NO3. The molecule has 0 saturated carbocycles. The lowest BCUT2D eigenvalue weighted by Crippen LogP contribution is -2.12. The van der Waals surface area contributed by atoms with Crippen LogP contribution < -0.4 is 19.9 Å². The summed E-state index contributed by atoms with van der Waals surface area (Å²) in [6, 6.07) is 10.0. The summed E-state index contributed by atoms with van der Waals surface area (Å²) in [6.45, 7) is 7.79. The summed E-state index contributed by atoms with van der Waals surface area (Å²) in [5.74, 6) is 2.50. The van der Waals surface area contributed by atoms with Crippen LogP contribution in [0.1, 0.15) is 22.3 Å². The van der Waals surface area contributed by atoms with Crippen molar-refractivity contribution < 1.29 is 14.2 Å². The first-order chi connectivity index (χ1) is 11.5. The van der Waals surface area contributed by atoms with Gasteiger partial charge in [-0.15, -0.1) is 0 Å². The molecule has 4 nitrogen and oxygen atoms in total. The van der Waals surface area contributed by atoms with Crippen LogP contribution in [0.25, 0.3) is 0 Å². The second kappa shape index (κ2) is 8.60. The van der Waals surface area contributed by atoms with Gasteiger partial charge in [0.05, 0.1) is 7.11 Å². The van der Waals surface area contributed by atoms with E-state index in [9.17, 15) is 0 Å². The summed E-state index contributed by atoms with van der Waals surface area (Å²) in [4.78, 5) is 0. The molecule has 0 aliphatic heterocycles. The molecule has 0 amide bonds. The second-order valence-electron chi connectivity index (χ2n) is 5.91. The molecule has 0 spiro atoms. The summed E-state index contributed by atoms with van der Waals surface area (Å²) < 4.78 is 17.1. The number of hydrogen-bond acceptors (Lipinski definition) is 4. The van der Waals surface area contributed by atoms with Crippen molar-refractivity contribution >= 4 is 0 Å². The monoisotopic (exact) mass is 329 g/mol. The van der Waals surface area contributed by atoms with Crippen molar-refractivity contribution in [2.45, 2.75) is 27.2 Å². The van der Waals surface area contributed by atoms with E-state index in [4.69, 9.17) is 19.9 Å². The third kappa shape index (κ3) is 4.65. The molecule has 2 rings (SSSR count). The maximum atomic E-state index is 5.90. The summed E-state index contributed by atoms with van der Waals surface area (Å²) >= 11 is 0. The highest BCUT2D eigenvalue weighted by Gasteiger charge is 2.07. The van der Waals surface area contributed by atoms with E-state index < -0.39 is 0 Å². The van der Waals surface area contributed by atoms with Crippen molar-refractivity contribution in [3.05, 3.63) is 52.6 Å². The second-order valence-corrected chi connectivity index (χ2v) is 5.91. The Morgan fingerprint density at radius 3 is 2.29 bits per heavy atom. The van der Waals surface area contributed by atoms with E-state index in [1.165, 1.54) is 16.7 Å². The Morgan fingerprint density at radius 1 is 0.917 bits per heavy atom. The Morgan fingerprint density at radius 2 is 1.62 bits per heavy atom. The van der Waals surface area contributed by atoms with Gasteiger partial charge in [0.25, 0.3) is 0 Å². The lowest BCUT2D eigenvalue weighted by Gasteiger charge is -2.15. The topological polar surface area (TPSA) is 53.7 Å². The van der Waals surface area contributed by atoms with Gasteiger partial charge in [-0.2, -0.15) is 0 Å². The fraction of sp³-hybridized carbons (Fsp3) is 0.400. The molecule has 130 valence electrons. The van der Waals surface area contributed by atoms with E-state index in [1.54, 1.807) is 7.11 Å². The van der Waals surface area contributed by atoms with Gasteiger partial charge in [0, 0.05) is 6.07 Å². The van der Waals surface area contributed by atoms with Gasteiger partial charge in [0.15, 0.2) is 0 Å². The van der Waals surface area contributed by atoms with Crippen molar-refractivity contribution in [2.75, 3.05) is 26.9 Å². The molecule has 0 heterocycles. The van der Waals surface area contributed by atoms with Gasteiger partial charge >= 0.3 is 0 Å². The number of ether oxygens (including phenoxy) is 3. The number of hydrogen-bond donors (Lipinski definition) is 1. The largest absolute Gasteiger partial charge is 0.497 e. The van der Waals surface area contributed by atoms with Crippen molar-refractivity contribution in [2.24, 2.45) is 5.73 Å². The van der Waals surface area contributed by atoms with Gasteiger partial charge in [-0.25, -0.2) is 0 Å². The van der Waals surface area contributed by atoms with Crippen LogP contribution in [-0.2, 0) is 6.42 Å². The SMILES string of the molecule is COc1ccc(CCN)c(OCCOc2cc(C)cc(C)c2C)c1. The van der Waals surface area contributed by atoms with Gasteiger partial charge in [0.1, 0.15) is 30.5 Å². The molecule has 2 N–H and O–H groups in total. The summed E-state index contributed by atoms with van der Waals surface area (Å²) in [6.07, 6.45) is 0.774. The Balaban J connectivity index is 1.97. The minimum atomic E-state index is 0.469. The zero-order valence-corrected chi connectivity index (χ0v) is 15.0. The van der Waals surface area contributed by atoms with Crippen molar-refractivity contribution in [3.8, 4) is 17.2 Å². The van der Waals surface area contributed by atoms with Crippen molar-refractivity contribution in [1.29, 1.82) is 0 Å². The zero-order chi connectivity index (χ0) is 17.5. The maximum Gasteiger partial charge on any atom is 0.126 e. The Kier molecular flexibility index (Phi) is 6.50. The van der Waals surface area contributed by atoms with Gasteiger partial charge < -0.3 is 19.9 Å². The Hall–Kier alpha value is -2.20. The van der Waals surface area contributed by atoms with Crippen LogP contribution in [0.15, 0.2) is 30.3 Å². The minimum absolute atomic E-state index is 0.469. The molecule has 0 saturated heterocycles. The predicted octanol–water partition coefficient (Wildman–Crippen LogP) is 3.58. The van der Waals surface area contributed by atoms with Crippen LogP contribution in [0.3, 0.4) is 0 Å². The third-order valence-electron chi connectivity index (χ3n) is 4.05. The average molecular weight is 329 g/mol. The highest BCUT2D eigenvalue weighted by atomic mass is 16.5. The van der Waals surface area contributed by atoms with Crippen molar-refractivity contribution in [1.82, 2.24) is 0 Å². The molecule has 0 aromatic heterocycles. The first-order valence-electron chi connectivity index (χ1n) is 8.25. The number of nitrogens with two attached hydrogens (primary N) is 1. The van der Waals surface area contributed by atoms with Gasteiger partial charge in [-0.05, 0) is 68.1 Å². The molecule has 0 bridgehead atoms. The normalized spacial score (nSPS) is 10.5. The molecule has 0 atom stereocenters. The first kappa shape index (κ1) is 18.1. The zero-order valence-electron chi connectivity index (χ0n) is 15.0. The van der Waals surface area contributed by atoms with E-state index >= 15 is 0 Å². The molecule has 0 radical (unpaired) electrons. The maximum absolute atomic E-state index is 5.90. The van der Waals surface area contributed by atoms with E-state index in [1.807, 2.05) is 18.2 Å². The number of aryl methyl sites for hydroxylation is 2. The summed E-state index contributed by atoms with van der Waals surface area (Å²) in [5, 5.41) is 0. The predicted molar refractivity (Wildman–Crippen MR) is 97.4 cm³/mol. The molecule has 0 fully saturated rings. The third-order valence-corrected chi connectivity index (χ3v) is 4.05. The average Bonchev–Trinajstić information content (AvgIpc) is 2.57. The molecular weight excluding hydrogens is 302 g/mol. The quantitative estimate of drug-likeness (QED) is 0.752. The van der Waals surface area contributed by atoms with Crippen LogP contribution in [-0.4, -0.2) is 26.9 Å². The Bertz CT molecular complexity index is 683. The number of benzene rings is 2. The number of methoxy groups -OCH3 is 1. The minimum Gasteiger partial charge on any atom is -0.497 e. The molecule has 24 heavy (non-hydrogen) atoms. The highest BCUT2D eigenvalue weighted by molar-refractivity contribution is 5.42. The van der Waals surface area contributed by atoms with Crippen LogP contribution in [0.4, 0.5) is 0 Å². The lowest BCUT2D eigenvalue weighted by atomic mass is 10.1. The molecule has 2 aromatic carbocycles. The van der Waals surface area contributed by atoms with E-state index in [2.05, 4.69) is 32.9 Å². The molecule has 0 aliphatic carbocycles. The van der Waals surface area contributed by atoms with Crippen LogP contribution in [0, 0.1) is 20.8 Å². The standard InChI is InChI=1S/C20H27NO3/c1-14-11-15(2)16(3)19(12-14)23-9-10-24-20-13-18(22-4)6-5-17(20)7-8-21/h5-6,11-13H,7-10,21H2,1-4H3. The molecule has 2 aromatic rings. The summed E-state index contributed by atoms with van der Waals surface area (Å²) in [7, 11) is 1.65.